The minimum absolute atomic E-state index is 0.192. The second-order valence-electron chi connectivity index (χ2n) is 4.45. The maximum atomic E-state index is 11.3. The Kier molecular flexibility index (Phi) is 9.44. The van der Waals surface area contributed by atoms with Crippen molar-refractivity contribution >= 4 is 12.1 Å². The van der Waals surface area contributed by atoms with Gasteiger partial charge in [0.25, 0.3) is 0 Å². The zero-order valence-corrected chi connectivity index (χ0v) is 10.1. The monoisotopic (exact) mass is 212 g/mol. The van der Waals surface area contributed by atoms with Crippen molar-refractivity contribution in [2.75, 3.05) is 0 Å². The molecule has 0 spiro atoms. The van der Waals surface area contributed by atoms with Crippen molar-refractivity contribution in [3.05, 3.63) is 0 Å². The normalized spacial score (nSPS) is 10.6. The molecule has 0 rings (SSSR count). The van der Waals surface area contributed by atoms with E-state index >= 15 is 0 Å². The van der Waals surface area contributed by atoms with Crippen molar-refractivity contribution in [2.45, 2.75) is 65.2 Å². The number of hydrogen-bond donors (Lipinski definition) is 0. The molecule has 2 heteroatoms. The van der Waals surface area contributed by atoms with Crippen molar-refractivity contribution in [2.24, 2.45) is 5.92 Å². The molecule has 15 heavy (non-hydrogen) atoms. The van der Waals surface area contributed by atoms with Crippen LogP contribution in [0.5, 0.6) is 0 Å². The van der Waals surface area contributed by atoms with E-state index in [2.05, 4.69) is 0 Å². The molecule has 0 atom stereocenters. The van der Waals surface area contributed by atoms with Crippen molar-refractivity contribution < 1.29 is 9.59 Å². The van der Waals surface area contributed by atoms with Crippen LogP contribution in [0.25, 0.3) is 0 Å². The molecule has 0 unspecified atom stereocenters. The molecule has 0 amide bonds. The van der Waals surface area contributed by atoms with Crippen LogP contribution in [0.15, 0.2) is 0 Å². The Bertz CT molecular complexity index is 173. The van der Waals surface area contributed by atoms with Gasteiger partial charge >= 0.3 is 0 Å². The standard InChI is InChI=1S/C13H24O2/c1-12(2)13(15)10-8-6-4-3-5-7-9-11-14/h11-12H,3-10H2,1-2H3. The molecular formula is C13H24O2. The molecular weight excluding hydrogens is 188 g/mol. The quantitative estimate of drug-likeness (QED) is 0.410. The number of carbonyl (C=O) groups is 2. The van der Waals surface area contributed by atoms with Gasteiger partial charge in [-0.1, -0.05) is 39.5 Å². The van der Waals surface area contributed by atoms with Crippen LogP contribution in [0.4, 0.5) is 0 Å². The molecule has 0 aliphatic heterocycles. The number of hydrogen-bond acceptors (Lipinski definition) is 2. The minimum Gasteiger partial charge on any atom is -0.303 e. The van der Waals surface area contributed by atoms with Crippen LogP contribution in [-0.2, 0) is 9.59 Å². The lowest BCUT2D eigenvalue weighted by Crippen LogP contribution is -2.05. The Balaban J connectivity index is 3.11. The van der Waals surface area contributed by atoms with Gasteiger partial charge < -0.3 is 4.79 Å². The van der Waals surface area contributed by atoms with Crippen molar-refractivity contribution in [1.29, 1.82) is 0 Å². The number of rotatable bonds is 10. The topological polar surface area (TPSA) is 34.1 Å². The highest BCUT2D eigenvalue weighted by Crippen LogP contribution is 2.10. The van der Waals surface area contributed by atoms with Gasteiger partial charge in [-0.25, -0.2) is 0 Å². The summed E-state index contributed by atoms with van der Waals surface area (Å²) >= 11 is 0. The second kappa shape index (κ2) is 9.88. The predicted octanol–water partition coefficient (Wildman–Crippen LogP) is 3.53. The Morgan fingerprint density at radius 1 is 1.00 bits per heavy atom. The molecule has 0 saturated carbocycles. The van der Waals surface area contributed by atoms with E-state index in [1.807, 2.05) is 13.8 Å². The summed E-state index contributed by atoms with van der Waals surface area (Å²) in [4.78, 5) is 21.3. The first-order valence-corrected chi connectivity index (χ1v) is 6.15. The van der Waals surface area contributed by atoms with E-state index in [-0.39, 0.29) is 5.92 Å². The first kappa shape index (κ1) is 14.3. The highest BCUT2D eigenvalue weighted by atomic mass is 16.1. The van der Waals surface area contributed by atoms with Gasteiger partial charge in [0.05, 0.1) is 0 Å². The molecule has 0 aliphatic rings. The SMILES string of the molecule is CC(C)C(=O)CCCCCCCCC=O. The van der Waals surface area contributed by atoms with E-state index in [1.165, 1.54) is 12.8 Å². The van der Waals surface area contributed by atoms with Crippen LogP contribution in [0.3, 0.4) is 0 Å². The zero-order chi connectivity index (χ0) is 11.5. The van der Waals surface area contributed by atoms with Gasteiger partial charge in [-0.3, -0.25) is 4.79 Å². The van der Waals surface area contributed by atoms with Crippen LogP contribution < -0.4 is 0 Å². The van der Waals surface area contributed by atoms with E-state index in [0.29, 0.717) is 12.2 Å². The van der Waals surface area contributed by atoms with Crippen molar-refractivity contribution in [3.8, 4) is 0 Å². The minimum atomic E-state index is 0.192. The molecule has 0 aliphatic carbocycles. The summed E-state index contributed by atoms with van der Waals surface area (Å²) < 4.78 is 0. The summed E-state index contributed by atoms with van der Waals surface area (Å²) in [6.45, 7) is 3.92. The Morgan fingerprint density at radius 2 is 1.53 bits per heavy atom. The van der Waals surface area contributed by atoms with Crippen LogP contribution in [0.1, 0.15) is 65.2 Å². The van der Waals surface area contributed by atoms with Gasteiger partial charge in [0.1, 0.15) is 12.1 Å². The first-order valence-electron chi connectivity index (χ1n) is 6.15. The highest BCUT2D eigenvalue weighted by molar-refractivity contribution is 5.80. The Hall–Kier alpha value is -0.660. The Labute approximate surface area is 93.4 Å². The molecule has 0 aromatic carbocycles. The summed E-state index contributed by atoms with van der Waals surface area (Å²) in [6, 6.07) is 0. The van der Waals surface area contributed by atoms with Crippen molar-refractivity contribution in [1.82, 2.24) is 0 Å². The van der Waals surface area contributed by atoms with Gasteiger partial charge in [0, 0.05) is 18.8 Å². The van der Waals surface area contributed by atoms with Gasteiger partial charge in [-0.2, -0.15) is 0 Å². The van der Waals surface area contributed by atoms with E-state index in [9.17, 15) is 9.59 Å². The number of unbranched alkanes of at least 4 members (excludes halogenated alkanes) is 6. The molecule has 0 heterocycles. The lowest BCUT2D eigenvalue weighted by atomic mass is 10.0. The lowest BCUT2D eigenvalue weighted by molar-refractivity contribution is -0.122. The van der Waals surface area contributed by atoms with Crippen LogP contribution in [0.2, 0.25) is 0 Å². The first-order chi connectivity index (χ1) is 7.18. The van der Waals surface area contributed by atoms with Gasteiger partial charge in [-0.15, -0.1) is 0 Å². The average Bonchev–Trinajstić information content (AvgIpc) is 2.21. The third-order valence-corrected chi connectivity index (χ3v) is 2.64. The largest absolute Gasteiger partial charge is 0.303 e. The third kappa shape index (κ3) is 9.64. The fourth-order valence-corrected chi connectivity index (χ4v) is 1.52. The second-order valence-corrected chi connectivity index (χ2v) is 4.45. The summed E-state index contributed by atoms with van der Waals surface area (Å²) in [5, 5.41) is 0. The summed E-state index contributed by atoms with van der Waals surface area (Å²) in [5.41, 5.74) is 0. The van der Waals surface area contributed by atoms with Crippen LogP contribution in [-0.4, -0.2) is 12.1 Å². The smallest absolute Gasteiger partial charge is 0.135 e. The number of ketones is 1. The van der Waals surface area contributed by atoms with E-state index in [1.54, 1.807) is 0 Å². The molecule has 2 nitrogen and oxygen atoms in total. The van der Waals surface area contributed by atoms with E-state index in [4.69, 9.17) is 0 Å². The van der Waals surface area contributed by atoms with Crippen LogP contribution in [0, 0.1) is 5.92 Å². The fraction of sp³-hybridized carbons (Fsp3) is 0.846. The van der Waals surface area contributed by atoms with E-state index < -0.39 is 0 Å². The predicted molar refractivity (Wildman–Crippen MR) is 62.8 cm³/mol. The molecule has 0 aromatic heterocycles. The Morgan fingerprint density at radius 3 is 2.07 bits per heavy atom. The number of aldehydes is 1. The molecule has 0 radical (unpaired) electrons. The molecule has 88 valence electrons. The summed E-state index contributed by atoms with van der Waals surface area (Å²) in [5.74, 6) is 0.577. The average molecular weight is 212 g/mol. The molecule has 0 fully saturated rings. The highest BCUT2D eigenvalue weighted by Gasteiger charge is 2.05. The third-order valence-electron chi connectivity index (χ3n) is 2.64. The molecule has 0 bridgehead atoms. The van der Waals surface area contributed by atoms with Gasteiger partial charge in [-0.05, 0) is 12.8 Å². The van der Waals surface area contributed by atoms with E-state index in [0.717, 1.165) is 38.4 Å². The summed E-state index contributed by atoms with van der Waals surface area (Å²) in [6.07, 6.45) is 9.18. The lowest BCUT2D eigenvalue weighted by Gasteiger charge is -2.03. The molecule has 0 aromatic rings. The van der Waals surface area contributed by atoms with Crippen molar-refractivity contribution in [3.63, 3.8) is 0 Å². The maximum absolute atomic E-state index is 11.3. The summed E-state index contributed by atoms with van der Waals surface area (Å²) in [7, 11) is 0. The fourth-order valence-electron chi connectivity index (χ4n) is 1.52. The maximum Gasteiger partial charge on any atom is 0.135 e. The van der Waals surface area contributed by atoms with Gasteiger partial charge in [0.2, 0.25) is 0 Å². The molecule has 0 N–H and O–H groups in total. The number of carbonyl (C=O) groups excluding carboxylic acids is 2. The molecule has 0 saturated heterocycles. The van der Waals surface area contributed by atoms with Crippen LogP contribution >= 0.6 is 0 Å². The van der Waals surface area contributed by atoms with Gasteiger partial charge in [0.15, 0.2) is 0 Å². The zero-order valence-electron chi connectivity index (χ0n) is 10.1. The number of Topliss-reactive ketones (excluding diaryl/α,β-unsaturated/α-hetero) is 1.